The number of hydrogen-bond donors (Lipinski definition) is 1. The summed E-state index contributed by atoms with van der Waals surface area (Å²) in [5.41, 5.74) is 0.796. The Bertz CT molecular complexity index is 421. The summed E-state index contributed by atoms with van der Waals surface area (Å²) in [6, 6.07) is 3.12. The largest absolute Gasteiger partial charge is 0.464 e. The first-order valence-electron chi connectivity index (χ1n) is 4.49. The molecule has 0 bridgehead atoms. The van der Waals surface area contributed by atoms with E-state index >= 15 is 0 Å². The van der Waals surface area contributed by atoms with E-state index in [1.165, 1.54) is 20.1 Å². The van der Waals surface area contributed by atoms with Gasteiger partial charge in [0, 0.05) is 12.8 Å². The fourth-order valence-corrected chi connectivity index (χ4v) is 1.27. The number of alkyl halides is 1. The first kappa shape index (κ1) is 12.4. The van der Waals surface area contributed by atoms with E-state index in [-0.39, 0.29) is 23.3 Å². The maximum atomic E-state index is 11.3. The minimum absolute atomic E-state index is 0.115. The average molecular weight is 243 g/mol. The van der Waals surface area contributed by atoms with Gasteiger partial charge < -0.3 is 10.1 Å². The summed E-state index contributed by atoms with van der Waals surface area (Å²) in [5.74, 6) is -0.335. The number of rotatable bonds is 3. The van der Waals surface area contributed by atoms with Crippen LogP contribution in [0.2, 0.25) is 0 Å². The minimum Gasteiger partial charge on any atom is -0.464 e. The van der Waals surface area contributed by atoms with Crippen molar-refractivity contribution in [2.24, 2.45) is 0 Å². The summed E-state index contributed by atoms with van der Waals surface area (Å²) in [6.07, 6.45) is 0. The molecule has 1 amide bonds. The van der Waals surface area contributed by atoms with Crippen LogP contribution in [0.25, 0.3) is 0 Å². The predicted molar refractivity (Wildman–Crippen MR) is 59.4 cm³/mol. The third kappa shape index (κ3) is 3.20. The molecule has 0 aliphatic heterocycles. The number of amides is 1. The number of nitrogens with one attached hydrogen (secondary N) is 1. The highest BCUT2D eigenvalue weighted by Gasteiger charge is 2.10. The van der Waals surface area contributed by atoms with Gasteiger partial charge in [-0.2, -0.15) is 0 Å². The van der Waals surface area contributed by atoms with E-state index in [0.29, 0.717) is 5.56 Å². The predicted octanol–water partition coefficient (Wildman–Crippen LogP) is 1.57. The molecule has 0 atom stereocenters. The first-order valence-corrected chi connectivity index (χ1v) is 5.03. The molecule has 0 unspecified atom stereocenters. The lowest BCUT2D eigenvalue weighted by Crippen LogP contribution is -2.11. The second-order valence-corrected chi connectivity index (χ2v) is 3.32. The minimum atomic E-state index is -0.571. The van der Waals surface area contributed by atoms with E-state index in [1.54, 1.807) is 6.07 Å². The Balaban J connectivity index is 3.10. The fraction of sp³-hybridized carbons (Fsp3) is 0.300. The van der Waals surface area contributed by atoms with Crippen molar-refractivity contribution in [1.29, 1.82) is 0 Å². The summed E-state index contributed by atoms with van der Waals surface area (Å²) in [5, 5.41) is 2.48. The highest BCUT2D eigenvalue weighted by atomic mass is 35.5. The Labute approximate surface area is 97.8 Å². The van der Waals surface area contributed by atoms with Crippen LogP contribution < -0.4 is 5.32 Å². The Hall–Kier alpha value is -1.62. The van der Waals surface area contributed by atoms with E-state index in [2.05, 4.69) is 15.0 Å². The van der Waals surface area contributed by atoms with E-state index in [9.17, 15) is 9.59 Å². The molecule has 1 N–H and O–H groups in total. The van der Waals surface area contributed by atoms with Crippen LogP contribution in [-0.2, 0) is 15.4 Å². The standard InChI is InChI=1S/C10H11ClN2O3/c1-6(14)12-9-4-7(5-11)3-8(13-9)10(15)16-2/h3-4H,5H2,1-2H3,(H,12,13,14). The molecule has 0 saturated carbocycles. The number of hydrogen-bond acceptors (Lipinski definition) is 4. The SMILES string of the molecule is COC(=O)c1cc(CCl)cc(NC(C)=O)n1. The first-order chi connectivity index (χ1) is 7.56. The molecule has 0 aromatic carbocycles. The maximum Gasteiger partial charge on any atom is 0.356 e. The summed E-state index contributed by atoms with van der Waals surface area (Å²) < 4.78 is 4.54. The molecular formula is C10H11ClN2O3. The molecule has 0 radical (unpaired) electrons. The van der Waals surface area contributed by atoms with Crippen molar-refractivity contribution in [3.63, 3.8) is 0 Å². The summed E-state index contributed by atoms with van der Waals surface area (Å²) in [7, 11) is 1.26. The molecule has 0 spiro atoms. The topological polar surface area (TPSA) is 68.3 Å². The van der Waals surface area contributed by atoms with Gasteiger partial charge in [0.25, 0.3) is 0 Å². The zero-order chi connectivity index (χ0) is 12.1. The summed E-state index contributed by atoms with van der Waals surface area (Å²) in [6.45, 7) is 1.35. The Morgan fingerprint density at radius 3 is 2.69 bits per heavy atom. The lowest BCUT2D eigenvalue weighted by Gasteiger charge is -2.06. The van der Waals surface area contributed by atoms with Gasteiger partial charge in [-0.3, -0.25) is 4.79 Å². The van der Waals surface area contributed by atoms with Crippen molar-refractivity contribution in [2.45, 2.75) is 12.8 Å². The van der Waals surface area contributed by atoms with Crippen LogP contribution in [0.1, 0.15) is 23.0 Å². The van der Waals surface area contributed by atoms with Crippen LogP contribution in [0.5, 0.6) is 0 Å². The van der Waals surface area contributed by atoms with Crippen molar-refractivity contribution in [3.05, 3.63) is 23.4 Å². The maximum absolute atomic E-state index is 11.3. The van der Waals surface area contributed by atoms with Crippen molar-refractivity contribution in [1.82, 2.24) is 4.98 Å². The lowest BCUT2D eigenvalue weighted by atomic mass is 10.2. The highest BCUT2D eigenvalue weighted by molar-refractivity contribution is 6.17. The normalized spacial score (nSPS) is 9.69. The van der Waals surface area contributed by atoms with Gasteiger partial charge in [0.2, 0.25) is 5.91 Å². The number of esters is 1. The van der Waals surface area contributed by atoms with Crippen molar-refractivity contribution < 1.29 is 14.3 Å². The molecule has 86 valence electrons. The molecule has 0 saturated heterocycles. The van der Waals surface area contributed by atoms with Crippen LogP contribution in [0.3, 0.4) is 0 Å². The average Bonchev–Trinajstić information content (AvgIpc) is 2.26. The number of carbonyl (C=O) groups is 2. The van der Waals surface area contributed by atoms with E-state index in [1.807, 2.05) is 0 Å². The second-order valence-electron chi connectivity index (χ2n) is 3.05. The van der Waals surface area contributed by atoms with Crippen LogP contribution in [-0.4, -0.2) is 24.0 Å². The van der Waals surface area contributed by atoms with Crippen LogP contribution in [0.4, 0.5) is 5.82 Å². The Morgan fingerprint density at radius 2 is 2.19 bits per heavy atom. The van der Waals surface area contributed by atoms with Gasteiger partial charge in [-0.25, -0.2) is 9.78 Å². The fourth-order valence-electron chi connectivity index (χ4n) is 1.12. The second kappa shape index (κ2) is 5.46. The third-order valence-corrected chi connectivity index (χ3v) is 2.05. The van der Waals surface area contributed by atoms with Crippen LogP contribution in [0, 0.1) is 0 Å². The monoisotopic (exact) mass is 242 g/mol. The third-order valence-electron chi connectivity index (χ3n) is 1.74. The summed E-state index contributed by atoms with van der Waals surface area (Å²) >= 11 is 5.66. The molecule has 1 rings (SSSR count). The number of aromatic nitrogens is 1. The molecule has 0 aliphatic carbocycles. The highest BCUT2D eigenvalue weighted by Crippen LogP contribution is 2.13. The van der Waals surface area contributed by atoms with E-state index in [4.69, 9.17) is 11.6 Å². The number of methoxy groups -OCH3 is 1. The zero-order valence-corrected chi connectivity index (χ0v) is 9.67. The Morgan fingerprint density at radius 1 is 1.50 bits per heavy atom. The Kier molecular flexibility index (Phi) is 4.25. The molecular weight excluding hydrogens is 232 g/mol. The van der Waals surface area contributed by atoms with Gasteiger partial charge in [-0.15, -0.1) is 11.6 Å². The zero-order valence-electron chi connectivity index (χ0n) is 8.91. The number of halogens is 1. The van der Waals surface area contributed by atoms with Gasteiger partial charge in [-0.1, -0.05) is 0 Å². The van der Waals surface area contributed by atoms with Crippen molar-refractivity contribution in [3.8, 4) is 0 Å². The smallest absolute Gasteiger partial charge is 0.356 e. The van der Waals surface area contributed by atoms with Gasteiger partial charge in [-0.05, 0) is 17.7 Å². The number of nitrogens with zero attached hydrogens (tertiary/aromatic N) is 1. The van der Waals surface area contributed by atoms with Crippen molar-refractivity contribution >= 4 is 29.3 Å². The van der Waals surface area contributed by atoms with E-state index < -0.39 is 5.97 Å². The van der Waals surface area contributed by atoms with Gasteiger partial charge in [0.15, 0.2) is 5.69 Å². The number of pyridine rings is 1. The molecule has 0 aliphatic rings. The molecule has 0 fully saturated rings. The van der Waals surface area contributed by atoms with Crippen molar-refractivity contribution in [2.75, 3.05) is 12.4 Å². The molecule has 16 heavy (non-hydrogen) atoms. The molecule has 1 aromatic heterocycles. The van der Waals surface area contributed by atoms with Crippen LogP contribution >= 0.6 is 11.6 Å². The van der Waals surface area contributed by atoms with Gasteiger partial charge in [0.1, 0.15) is 5.82 Å². The quantitative estimate of drug-likeness (QED) is 0.645. The number of ether oxygens (including phenoxy) is 1. The molecule has 1 aromatic rings. The van der Waals surface area contributed by atoms with Crippen LogP contribution in [0.15, 0.2) is 12.1 Å². The van der Waals surface area contributed by atoms with Gasteiger partial charge in [0.05, 0.1) is 7.11 Å². The number of carbonyl (C=O) groups excluding carboxylic acids is 2. The van der Waals surface area contributed by atoms with E-state index in [0.717, 1.165) is 0 Å². The molecule has 5 nitrogen and oxygen atoms in total. The lowest BCUT2D eigenvalue weighted by molar-refractivity contribution is -0.114. The molecule has 6 heteroatoms. The summed E-state index contributed by atoms with van der Waals surface area (Å²) in [4.78, 5) is 26.1. The number of anilines is 1. The molecule has 1 heterocycles. The van der Waals surface area contributed by atoms with Gasteiger partial charge >= 0.3 is 5.97 Å².